The maximum absolute atomic E-state index is 11.9. The molecule has 6 heteroatoms. The molecule has 0 aromatic heterocycles. The minimum Gasteiger partial charge on any atom is -0.465 e. The zero-order valence-electron chi connectivity index (χ0n) is 8.80. The number of ether oxygens (including phenoxy) is 1. The van der Waals surface area contributed by atoms with Crippen LogP contribution >= 0.6 is 0 Å². The lowest BCUT2D eigenvalue weighted by Gasteiger charge is -2.14. The van der Waals surface area contributed by atoms with Crippen LogP contribution in [0.5, 0.6) is 0 Å². The van der Waals surface area contributed by atoms with Crippen LogP contribution in [0.4, 0.5) is 13.2 Å². The Hall–Kier alpha value is -0.780. The minimum absolute atomic E-state index is 0.172. The Morgan fingerprint density at radius 1 is 1.40 bits per heavy atom. The van der Waals surface area contributed by atoms with Crippen molar-refractivity contribution in [1.29, 1.82) is 0 Å². The third-order valence-electron chi connectivity index (χ3n) is 1.66. The molecule has 0 spiro atoms. The van der Waals surface area contributed by atoms with Gasteiger partial charge >= 0.3 is 12.1 Å². The van der Waals surface area contributed by atoms with Crippen LogP contribution < -0.4 is 5.73 Å². The molecule has 1 atom stereocenters. The first kappa shape index (κ1) is 14.2. The summed E-state index contributed by atoms with van der Waals surface area (Å²) >= 11 is 0. The smallest absolute Gasteiger partial charge is 0.403 e. The number of alkyl halides is 3. The number of nitrogens with two attached hydrogens (primary N) is 1. The Morgan fingerprint density at radius 2 is 1.93 bits per heavy atom. The number of halogens is 3. The summed E-state index contributed by atoms with van der Waals surface area (Å²) in [7, 11) is 0. The van der Waals surface area contributed by atoms with Gasteiger partial charge in [-0.1, -0.05) is 13.8 Å². The molecule has 2 N–H and O–H groups in total. The van der Waals surface area contributed by atoms with Crippen LogP contribution in [0.3, 0.4) is 0 Å². The van der Waals surface area contributed by atoms with Crippen LogP contribution in [0.25, 0.3) is 0 Å². The quantitative estimate of drug-likeness (QED) is 0.729. The largest absolute Gasteiger partial charge is 0.465 e. The van der Waals surface area contributed by atoms with Gasteiger partial charge in [-0.05, 0) is 12.3 Å². The highest BCUT2D eigenvalue weighted by atomic mass is 19.4. The van der Waals surface area contributed by atoms with Gasteiger partial charge < -0.3 is 10.5 Å². The SMILES string of the molecule is CC(C)COC(=O)CC[C@@H](N)C(F)(F)F. The number of carbonyl (C=O) groups excluding carboxylic acids is 1. The van der Waals surface area contributed by atoms with Gasteiger partial charge in [0.1, 0.15) is 6.04 Å². The number of esters is 1. The van der Waals surface area contributed by atoms with E-state index in [9.17, 15) is 18.0 Å². The number of hydrogen-bond acceptors (Lipinski definition) is 3. The van der Waals surface area contributed by atoms with Crippen molar-refractivity contribution < 1.29 is 22.7 Å². The summed E-state index contributed by atoms with van der Waals surface area (Å²) in [6.07, 6.45) is -5.17. The van der Waals surface area contributed by atoms with Crippen molar-refractivity contribution in [2.75, 3.05) is 6.61 Å². The van der Waals surface area contributed by atoms with Gasteiger partial charge in [0.25, 0.3) is 0 Å². The van der Waals surface area contributed by atoms with E-state index < -0.39 is 24.6 Å². The third-order valence-corrected chi connectivity index (χ3v) is 1.66. The molecule has 0 unspecified atom stereocenters. The Morgan fingerprint density at radius 3 is 2.33 bits per heavy atom. The summed E-state index contributed by atoms with van der Waals surface area (Å²) in [5, 5.41) is 0. The standard InChI is InChI=1S/C9H16F3NO2/c1-6(2)5-15-8(14)4-3-7(13)9(10,11)12/h6-7H,3-5,13H2,1-2H3/t7-/m1/s1. The summed E-state index contributed by atoms with van der Waals surface area (Å²) in [6.45, 7) is 3.91. The maximum Gasteiger partial charge on any atom is 0.403 e. The summed E-state index contributed by atoms with van der Waals surface area (Å²) < 4.78 is 40.5. The Bertz CT molecular complexity index is 204. The first-order chi connectivity index (χ1) is 6.73. The molecule has 0 amide bonds. The molecule has 90 valence electrons. The van der Waals surface area contributed by atoms with E-state index in [1.54, 1.807) is 0 Å². The second kappa shape index (κ2) is 5.95. The molecule has 0 fully saturated rings. The molecule has 15 heavy (non-hydrogen) atoms. The molecule has 0 saturated heterocycles. The molecule has 0 aliphatic carbocycles. The fourth-order valence-corrected chi connectivity index (χ4v) is 0.769. The van der Waals surface area contributed by atoms with Crippen LogP contribution in [0.2, 0.25) is 0 Å². The molecule has 0 radical (unpaired) electrons. The molecule has 0 bridgehead atoms. The first-order valence-electron chi connectivity index (χ1n) is 4.71. The van der Waals surface area contributed by atoms with Crippen molar-refractivity contribution >= 4 is 5.97 Å². The monoisotopic (exact) mass is 227 g/mol. The fourth-order valence-electron chi connectivity index (χ4n) is 0.769. The maximum atomic E-state index is 11.9. The number of carbonyl (C=O) groups is 1. The van der Waals surface area contributed by atoms with Gasteiger partial charge in [0, 0.05) is 6.42 Å². The lowest BCUT2D eigenvalue weighted by molar-refractivity contribution is -0.154. The van der Waals surface area contributed by atoms with Crippen LogP contribution in [-0.2, 0) is 9.53 Å². The summed E-state index contributed by atoms with van der Waals surface area (Å²) in [5.74, 6) is -0.464. The van der Waals surface area contributed by atoms with Gasteiger partial charge in [-0.2, -0.15) is 13.2 Å². The van der Waals surface area contributed by atoms with Crippen molar-refractivity contribution in [3.8, 4) is 0 Å². The Balaban J connectivity index is 3.72. The normalized spacial score (nSPS) is 14.1. The molecule has 3 nitrogen and oxygen atoms in total. The van der Waals surface area contributed by atoms with E-state index in [-0.39, 0.29) is 18.9 Å². The average Bonchev–Trinajstić information content (AvgIpc) is 2.09. The van der Waals surface area contributed by atoms with Gasteiger partial charge in [-0.3, -0.25) is 4.79 Å². The van der Waals surface area contributed by atoms with Crippen molar-refractivity contribution in [3.05, 3.63) is 0 Å². The van der Waals surface area contributed by atoms with Crippen molar-refractivity contribution in [3.63, 3.8) is 0 Å². The molecule has 0 aliphatic rings. The summed E-state index contributed by atoms with van der Waals surface area (Å²) in [5.41, 5.74) is 4.82. The van der Waals surface area contributed by atoms with E-state index in [0.29, 0.717) is 0 Å². The predicted octanol–water partition coefficient (Wildman–Crippen LogP) is 1.86. The predicted molar refractivity (Wildman–Crippen MR) is 49.1 cm³/mol. The van der Waals surface area contributed by atoms with Crippen LogP contribution in [-0.4, -0.2) is 24.8 Å². The molecule has 0 aliphatic heterocycles. The van der Waals surface area contributed by atoms with E-state index in [0.717, 1.165) is 0 Å². The van der Waals surface area contributed by atoms with Crippen LogP contribution in [0, 0.1) is 5.92 Å². The van der Waals surface area contributed by atoms with Crippen LogP contribution in [0.15, 0.2) is 0 Å². The zero-order valence-corrected chi connectivity index (χ0v) is 8.80. The highest BCUT2D eigenvalue weighted by Gasteiger charge is 2.36. The van der Waals surface area contributed by atoms with Gasteiger partial charge in [-0.15, -0.1) is 0 Å². The topological polar surface area (TPSA) is 52.3 Å². The van der Waals surface area contributed by atoms with Crippen molar-refractivity contribution in [1.82, 2.24) is 0 Å². The van der Waals surface area contributed by atoms with E-state index >= 15 is 0 Å². The number of hydrogen-bond donors (Lipinski definition) is 1. The molecule has 0 aromatic carbocycles. The summed E-state index contributed by atoms with van der Waals surface area (Å²) in [6, 6.07) is -1.95. The van der Waals surface area contributed by atoms with E-state index in [1.165, 1.54) is 0 Å². The second-order valence-electron chi connectivity index (χ2n) is 3.76. The third kappa shape index (κ3) is 7.18. The second-order valence-corrected chi connectivity index (χ2v) is 3.76. The van der Waals surface area contributed by atoms with Gasteiger partial charge in [0.05, 0.1) is 6.61 Å². The molecule has 0 rings (SSSR count). The molecule has 0 aromatic rings. The zero-order chi connectivity index (χ0) is 12.1. The first-order valence-corrected chi connectivity index (χ1v) is 4.71. The molecule has 0 saturated carbocycles. The van der Waals surface area contributed by atoms with Gasteiger partial charge in [-0.25, -0.2) is 0 Å². The van der Waals surface area contributed by atoms with Gasteiger partial charge in [0.2, 0.25) is 0 Å². The van der Waals surface area contributed by atoms with Crippen LogP contribution in [0.1, 0.15) is 26.7 Å². The van der Waals surface area contributed by atoms with E-state index in [2.05, 4.69) is 0 Å². The number of rotatable bonds is 5. The average molecular weight is 227 g/mol. The van der Waals surface area contributed by atoms with Crippen molar-refractivity contribution in [2.24, 2.45) is 11.7 Å². The minimum atomic E-state index is -4.45. The summed E-state index contributed by atoms with van der Waals surface area (Å²) in [4.78, 5) is 10.9. The Labute approximate surface area is 86.8 Å². The molecular formula is C9H16F3NO2. The van der Waals surface area contributed by atoms with Gasteiger partial charge in [0.15, 0.2) is 0 Å². The highest BCUT2D eigenvalue weighted by molar-refractivity contribution is 5.69. The Kier molecular flexibility index (Phi) is 5.64. The fraction of sp³-hybridized carbons (Fsp3) is 0.889. The molecular weight excluding hydrogens is 211 g/mol. The van der Waals surface area contributed by atoms with E-state index in [4.69, 9.17) is 10.5 Å². The molecule has 0 heterocycles. The van der Waals surface area contributed by atoms with Crippen molar-refractivity contribution in [2.45, 2.75) is 38.9 Å². The van der Waals surface area contributed by atoms with E-state index in [1.807, 2.05) is 13.8 Å². The highest BCUT2D eigenvalue weighted by Crippen LogP contribution is 2.21. The lowest BCUT2D eigenvalue weighted by Crippen LogP contribution is -2.37. The lowest BCUT2D eigenvalue weighted by atomic mass is 10.1.